The lowest BCUT2D eigenvalue weighted by Gasteiger charge is -2.33. The van der Waals surface area contributed by atoms with E-state index in [1.807, 2.05) is 30.3 Å². The summed E-state index contributed by atoms with van der Waals surface area (Å²) in [6.45, 7) is -0.0269. The molecule has 2 aliphatic heterocycles. The molecule has 362 valence electrons. The number of nitrogens with zero attached hydrogens (tertiary/aromatic N) is 6. The van der Waals surface area contributed by atoms with Crippen LogP contribution in [0.2, 0.25) is 0 Å². The van der Waals surface area contributed by atoms with Crippen molar-refractivity contribution in [3.8, 4) is 74.2 Å². The third kappa shape index (κ3) is 6.15. The van der Waals surface area contributed by atoms with Gasteiger partial charge in [0.15, 0.2) is 17.5 Å². The van der Waals surface area contributed by atoms with E-state index in [2.05, 4.69) is 232 Å². The van der Waals surface area contributed by atoms with E-state index in [-0.39, 0.29) is 6.71 Å². The van der Waals surface area contributed by atoms with E-state index in [0.717, 1.165) is 128 Å². The Morgan fingerprint density at radius 2 is 0.756 bits per heavy atom. The van der Waals surface area contributed by atoms with Gasteiger partial charge in [-0.15, -0.1) is 0 Å². The highest BCUT2D eigenvalue weighted by atomic mass is 16.5. The maximum atomic E-state index is 6.89. The molecule has 15 aromatic rings. The minimum atomic E-state index is -0.0269. The molecule has 0 aliphatic carbocycles. The molecule has 4 aromatic heterocycles. The van der Waals surface area contributed by atoms with Crippen molar-refractivity contribution in [2.45, 2.75) is 0 Å². The van der Waals surface area contributed by atoms with E-state index >= 15 is 0 Å². The van der Waals surface area contributed by atoms with E-state index in [1.54, 1.807) is 0 Å². The third-order valence-corrected chi connectivity index (χ3v) is 16.0. The SMILES string of the molecule is c1ccc(-c2nc(-c3ccccc3-n3c4ccccc4c4ccccc43)nc(-c3ccccc3-n3c4ccccc4c4c3ccc3c5ccccc5n(-c5cc6c7c(c5)Oc5ccccc5B7c5ccccc5O6)c34)n2)cc1. The summed E-state index contributed by atoms with van der Waals surface area (Å²) >= 11 is 0. The van der Waals surface area contributed by atoms with Crippen LogP contribution in [0.25, 0.3) is 117 Å². The zero-order chi connectivity index (χ0) is 51.0. The highest BCUT2D eigenvalue weighted by Gasteiger charge is 2.40. The first-order chi connectivity index (χ1) is 38.7. The van der Waals surface area contributed by atoms with Crippen LogP contribution in [0, 0.1) is 0 Å². The smallest absolute Gasteiger partial charge is 0.260 e. The fraction of sp³-hybridized carbons (Fsp3) is 0. The molecule has 9 heteroatoms. The molecule has 8 nitrogen and oxygen atoms in total. The molecule has 0 saturated carbocycles. The topological polar surface area (TPSA) is 71.9 Å². The van der Waals surface area contributed by atoms with Crippen molar-refractivity contribution < 1.29 is 9.47 Å². The Kier molecular flexibility index (Phi) is 9.05. The first-order valence-corrected chi connectivity index (χ1v) is 26.4. The molecular weight excluding hydrogens is 956 g/mol. The van der Waals surface area contributed by atoms with Crippen LogP contribution in [0.5, 0.6) is 23.0 Å². The Balaban J connectivity index is 0.901. The van der Waals surface area contributed by atoms with E-state index in [1.165, 1.54) is 10.8 Å². The number of ether oxygens (including phenoxy) is 2. The number of para-hydroxylation sites is 8. The van der Waals surface area contributed by atoms with Gasteiger partial charge in [-0.3, -0.25) is 0 Å². The number of hydrogen-bond acceptors (Lipinski definition) is 5. The van der Waals surface area contributed by atoms with E-state index in [9.17, 15) is 0 Å². The average molecular weight is 997 g/mol. The molecule has 2 aliphatic rings. The maximum absolute atomic E-state index is 6.89. The normalized spacial score (nSPS) is 12.5. The summed E-state index contributed by atoms with van der Waals surface area (Å²) in [5, 5.41) is 6.92. The maximum Gasteiger partial charge on any atom is 0.260 e. The van der Waals surface area contributed by atoms with Gasteiger partial charge in [0.1, 0.15) is 23.0 Å². The second-order valence-electron chi connectivity index (χ2n) is 20.2. The fourth-order valence-corrected chi connectivity index (χ4v) is 12.8. The van der Waals surface area contributed by atoms with E-state index < -0.39 is 0 Å². The summed E-state index contributed by atoms with van der Waals surface area (Å²) in [5.41, 5.74) is 15.4. The Morgan fingerprint density at radius 3 is 1.35 bits per heavy atom. The number of benzene rings is 11. The van der Waals surface area contributed by atoms with Crippen LogP contribution in [0.4, 0.5) is 0 Å². The van der Waals surface area contributed by atoms with Crippen LogP contribution in [0.15, 0.2) is 249 Å². The molecule has 6 heterocycles. The molecule has 78 heavy (non-hydrogen) atoms. The van der Waals surface area contributed by atoms with Crippen molar-refractivity contribution in [2.24, 2.45) is 0 Å². The van der Waals surface area contributed by atoms with E-state index in [0.29, 0.717) is 17.5 Å². The molecule has 0 atom stereocenters. The lowest BCUT2D eigenvalue weighted by Crippen LogP contribution is -2.57. The Labute approximate surface area is 447 Å². The van der Waals surface area contributed by atoms with Crippen LogP contribution in [-0.4, -0.2) is 35.4 Å². The molecule has 0 amide bonds. The van der Waals surface area contributed by atoms with Gasteiger partial charge in [0.25, 0.3) is 6.71 Å². The minimum absolute atomic E-state index is 0.0269. The molecule has 0 saturated heterocycles. The second-order valence-corrected chi connectivity index (χ2v) is 20.2. The Bertz CT molecular complexity index is 4890. The van der Waals surface area contributed by atoms with Crippen molar-refractivity contribution in [3.05, 3.63) is 249 Å². The van der Waals surface area contributed by atoms with E-state index in [4.69, 9.17) is 24.4 Å². The molecule has 0 unspecified atom stereocenters. The number of rotatable bonds is 6. The molecule has 17 rings (SSSR count). The molecule has 0 fully saturated rings. The van der Waals surface area contributed by atoms with Crippen molar-refractivity contribution in [1.82, 2.24) is 28.7 Å². The van der Waals surface area contributed by atoms with Crippen LogP contribution >= 0.6 is 0 Å². The third-order valence-electron chi connectivity index (χ3n) is 16.0. The Hall–Kier alpha value is -10.5. The summed E-state index contributed by atoms with van der Waals surface area (Å²) in [5.74, 6) is 5.03. The van der Waals surface area contributed by atoms with Gasteiger partial charge in [-0.05, 0) is 77.7 Å². The van der Waals surface area contributed by atoms with Crippen molar-refractivity contribution in [3.63, 3.8) is 0 Å². The monoisotopic (exact) mass is 996 g/mol. The quantitative estimate of drug-likeness (QED) is 0.155. The summed E-state index contributed by atoms with van der Waals surface area (Å²) in [4.78, 5) is 16.2. The molecule has 0 spiro atoms. The zero-order valence-electron chi connectivity index (χ0n) is 41.7. The molecule has 11 aromatic carbocycles. The average Bonchev–Trinajstić information content (AvgIpc) is 4.34. The predicted molar refractivity (Wildman–Crippen MR) is 317 cm³/mol. The number of hydrogen-bond donors (Lipinski definition) is 0. The van der Waals surface area contributed by atoms with Gasteiger partial charge < -0.3 is 23.2 Å². The molecule has 0 N–H and O–H groups in total. The highest BCUT2D eigenvalue weighted by Crippen LogP contribution is 2.46. The molecule has 0 radical (unpaired) electrons. The van der Waals surface area contributed by atoms with Gasteiger partial charge in [-0.2, -0.15) is 0 Å². The minimum Gasteiger partial charge on any atom is -0.458 e. The summed E-state index contributed by atoms with van der Waals surface area (Å²) in [6, 6.07) is 87.6. The van der Waals surface area contributed by atoms with Gasteiger partial charge in [0.05, 0.1) is 50.2 Å². The van der Waals surface area contributed by atoms with Crippen molar-refractivity contribution in [2.75, 3.05) is 0 Å². The van der Waals surface area contributed by atoms with Gasteiger partial charge in [-0.25, -0.2) is 15.0 Å². The van der Waals surface area contributed by atoms with Crippen molar-refractivity contribution in [1.29, 1.82) is 0 Å². The summed E-state index contributed by atoms with van der Waals surface area (Å²) in [7, 11) is 0. The number of aromatic nitrogens is 6. The van der Waals surface area contributed by atoms with Gasteiger partial charge in [0, 0.05) is 66.6 Å². The zero-order valence-corrected chi connectivity index (χ0v) is 41.7. The number of fused-ring (bicyclic) bond motifs is 14. The van der Waals surface area contributed by atoms with Gasteiger partial charge >= 0.3 is 0 Å². The van der Waals surface area contributed by atoms with Gasteiger partial charge in [-0.1, -0.05) is 170 Å². The lowest BCUT2D eigenvalue weighted by atomic mass is 9.35. The molecule has 0 bridgehead atoms. The van der Waals surface area contributed by atoms with Gasteiger partial charge in [0.2, 0.25) is 0 Å². The summed E-state index contributed by atoms with van der Waals surface area (Å²) in [6.07, 6.45) is 0. The molecular formula is C69H41BN6O2. The highest BCUT2D eigenvalue weighted by molar-refractivity contribution is 6.98. The summed E-state index contributed by atoms with van der Waals surface area (Å²) < 4.78 is 20.9. The first-order valence-electron chi connectivity index (χ1n) is 26.4. The fourth-order valence-electron chi connectivity index (χ4n) is 12.8. The van der Waals surface area contributed by atoms with Crippen LogP contribution in [0.1, 0.15) is 0 Å². The Morgan fingerprint density at radius 1 is 0.321 bits per heavy atom. The predicted octanol–water partition coefficient (Wildman–Crippen LogP) is 14.9. The second kappa shape index (κ2) is 16.5. The first kappa shape index (κ1) is 42.8. The van der Waals surface area contributed by atoms with Crippen molar-refractivity contribution >= 4 is 88.5 Å². The lowest BCUT2D eigenvalue weighted by molar-refractivity contribution is 0.464. The largest absolute Gasteiger partial charge is 0.458 e. The van der Waals surface area contributed by atoms with Crippen LogP contribution in [0.3, 0.4) is 0 Å². The van der Waals surface area contributed by atoms with Crippen LogP contribution < -0.4 is 25.9 Å². The van der Waals surface area contributed by atoms with Crippen LogP contribution in [-0.2, 0) is 0 Å². The standard InChI is InChI=1S/C69H41BN6O2/c1-2-20-42(21-3-1)67-71-68(49-26-8-16-34-57(49)75-54-31-13-4-22-44(54)45-23-5-14-32-55(45)75)73-69(72-67)50-27-9-17-35-58(50)76-56-33-15-7-25-48(56)64-59(76)39-38-47-46-24-6-12-30-53(46)74(66(47)64)43-40-62-65-63(41-43)78-61-37-19-11-29-52(61)70(65)51-28-10-18-36-60(51)77-62/h1-41H.